The lowest BCUT2D eigenvalue weighted by Gasteiger charge is -2.32. The van der Waals surface area contributed by atoms with E-state index in [1.165, 1.54) is 19.3 Å². The average molecular weight is 171 g/mol. The van der Waals surface area contributed by atoms with Gasteiger partial charge >= 0.3 is 0 Å². The van der Waals surface area contributed by atoms with Crippen LogP contribution in [0.15, 0.2) is 0 Å². The van der Waals surface area contributed by atoms with Gasteiger partial charge in [0.05, 0.1) is 5.60 Å². The molecule has 0 spiro atoms. The third-order valence-corrected chi connectivity index (χ3v) is 2.45. The van der Waals surface area contributed by atoms with Gasteiger partial charge in [0.2, 0.25) is 0 Å². The van der Waals surface area contributed by atoms with Crippen molar-refractivity contribution in [3.8, 4) is 0 Å². The molecule has 72 valence electrons. The molecular weight excluding hydrogens is 150 g/mol. The molecule has 1 N–H and O–H groups in total. The SMILES string of the molecule is CN(CC1CCC1)CC(C)(C)O. The zero-order valence-electron chi connectivity index (χ0n) is 8.51. The highest BCUT2D eigenvalue weighted by molar-refractivity contribution is 4.76. The smallest absolute Gasteiger partial charge is 0.0718 e. The topological polar surface area (TPSA) is 23.5 Å². The van der Waals surface area contributed by atoms with Gasteiger partial charge in [-0.3, -0.25) is 0 Å². The fourth-order valence-corrected chi connectivity index (χ4v) is 1.84. The fourth-order valence-electron chi connectivity index (χ4n) is 1.84. The molecule has 1 aliphatic carbocycles. The molecule has 1 rings (SSSR count). The summed E-state index contributed by atoms with van der Waals surface area (Å²) in [5.74, 6) is 0.900. The Morgan fingerprint density at radius 2 is 2.00 bits per heavy atom. The van der Waals surface area contributed by atoms with Crippen LogP contribution in [0.5, 0.6) is 0 Å². The van der Waals surface area contributed by atoms with Crippen LogP contribution >= 0.6 is 0 Å². The molecule has 0 aromatic heterocycles. The minimum absolute atomic E-state index is 0.543. The summed E-state index contributed by atoms with van der Waals surface area (Å²) in [5, 5.41) is 9.55. The highest BCUT2D eigenvalue weighted by Gasteiger charge is 2.22. The van der Waals surface area contributed by atoms with E-state index in [1.807, 2.05) is 13.8 Å². The van der Waals surface area contributed by atoms with Crippen molar-refractivity contribution in [3.05, 3.63) is 0 Å². The van der Waals surface area contributed by atoms with Crippen LogP contribution in [0.1, 0.15) is 33.1 Å². The third kappa shape index (κ3) is 3.55. The summed E-state index contributed by atoms with van der Waals surface area (Å²) in [7, 11) is 2.09. The minimum Gasteiger partial charge on any atom is -0.389 e. The molecule has 0 saturated heterocycles. The lowest BCUT2D eigenvalue weighted by Crippen LogP contribution is -2.39. The first-order chi connectivity index (χ1) is 5.47. The van der Waals surface area contributed by atoms with E-state index < -0.39 is 5.60 Å². The maximum atomic E-state index is 9.55. The molecule has 0 heterocycles. The third-order valence-electron chi connectivity index (χ3n) is 2.45. The molecule has 0 aliphatic heterocycles. The van der Waals surface area contributed by atoms with Gasteiger partial charge in [0, 0.05) is 13.1 Å². The number of hydrogen-bond donors (Lipinski definition) is 1. The summed E-state index contributed by atoms with van der Waals surface area (Å²) in [6, 6.07) is 0. The number of nitrogens with zero attached hydrogens (tertiary/aromatic N) is 1. The van der Waals surface area contributed by atoms with E-state index in [2.05, 4.69) is 11.9 Å². The zero-order chi connectivity index (χ0) is 9.19. The van der Waals surface area contributed by atoms with Gasteiger partial charge in [-0.15, -0.1) is 0 Å². The van der Waals surface area contributed by atoms with Crippen molar-refractivity contribution in [2.45, 2.75) is 38.7 Å². The number of aliphatic hydroxyl groups is 1. The van der Waals surface area contributed by atoms with E-state index in [4.69, 9.17) is 0 Å². The first kappa shape index (κ1) is 10.0. The van der Waals surface area contributed by atoms with Crippen molar-refractivity contribution < 1.29 is 5.11 Å². The van der Waals surface area contributed by atoms with Gasteiger partial charge in [-0.05, 0) is 39.7 Å². The molecule has 0 unspecified atom stereocenters. The standard InChI is InChI=1S/C10H21NO/c1-10(2,12)8-11(3)7-9-5-4-6-9/h9,12H,4-8H2,1-3H3. The lowest BCUT2D eigenvalue weighted by atomic mass is 9.85. The van der Waals surface area contributed by atoms with Gasteiger partial charge in [-0.25, -0.2) is 0 Å². The fraction of sp³-hybridized carbons (Fsp3) is 1.00. The van der Waals surface area contributed by atoms with Gasteiger partial charge in [0.1, 0.15) is 0 Å². The molecule has 0 amide bonds. The van der Waals surface area contributed by atoms with Crippen LogP contribution in [-0.4, -0.2) is 35.7 Å². The Labute approximate surface area is 75.6 Å². The Morgan fingerprint density at radius 3 is 2.33 bits per heavy atom. The van der Waals surface area contributed by atoms with E-state index in [1.54, 1.807) is 0 Å². The van der Waals surface area contributed by atoms with Crippen molar-refractivity contribution in [2.75, 3.05) is 20.1 Å². The molecule has 1 saturated carbocycles. The predicted octanol–water partition coefficient (Wildman–Crippen LogP) is 1.49. The first-order valence-electron chi connectivity index (χ1n) is 4.88. The monoisotopic (exact) mass is 171 g/mol. The average Bonchev–Trinajstić information content (AvgIpc) is 1.74. The summed E-state index contributed by atoms with van der Waals surface area (Å²) >= 11 is 0. The van der Waals surface area contributed by atoms with Crippen molar-refractivity contribution in [1.82, 2.24) is 4.90 Å². The molecule has 0 bridgehead atoms. The van der Waals surface area contributed by atoms with Gasteiger partial charge < -0.3 is 10.0 Å². The zero-order valence-corrected chi connectivity index (χ0v) is 8.51. The molecule has 1 aliphatic rings. The van der Waals surface area contributed by atoms with Gasteiger partial charge in [-0.1, -0.05) is 6.42 Å². The highest BCUT2D eigenvalue weighted by atomic mass is 16.3. The number of hydrogen-bond acceptors (Lipinski definition) is 2. The second kappa shape index (κ2) is 3.75. The molecule has 2 nitrogen and oxygen atoms in total. The summed E-state index contributed by atoms with van der Waals surface area (Å²) in [5.41, 5.74) is -0.543. The number of rotatable bonds is 4. The van der Waals surface area contributed by atoms with Crippen molar-refractivity contribution in [3.63, 3.8) is 0 Å². The summed E-state index contributed by atoms with van der Waals surface area (Å²) < 4.78 is 0. The van der Waals surface area contributed by atoms with Crippen LogP contribution in [0.25, 0.3) is 0 Å². The molecule has 0 radical (unpaired) electrons. The van der Waals surface area contributed by atoms with E-state index in [0.29, 0.717) is 0 Å². The van der Waals surface area contributed by atoms with E-state index in [9.17, 15) is 5.11 Å². The second-order valence-corrected chi connectivity index (χ2v) is 4.81. The Balaban J connectivity index is 2.14. The Morgan fingerprint density at radius 1 is 1.42 bits per heavy atom. The minimum atomic E-state index is -0.543. The van der Waals surface area contributed by atoms with E-state index in [-0.39, 0.29) is 0 Å². The summed E-state index contributed by atoms with van der Waals surface area (Å²) in [4.78, 5) is 2.24. The summed E-state index contributed by atoms with van der Waals surface area (Å²) in [6.45, 7) is 5.67. The van der Waals surface area contributed by atoms with Crippen LogP contribution in [0.3, 0.4) is 0 Å². The predicted molar refractivity (Wildman–Crippen MR) is 51.1 cm³/mol. The maximum absolute atomic E-state index is 9.55. The van der Waals surface area contributed by atoms with Crippen molar-refractivity contribution in [1.29, 1.82) is 0 Å². The van der Waals surface area contributed by atoms with Crippen LogP contribution in [-0.2, 0) is 0 Å². The Kier molecular flexibility index (Phi) is 3.13. The molecule has 0 aromatic carbocycles. The van der Waals surface area contributed by atoms with Gasteiger partial charge in [-0.2, -0.15) is 0 Å². The molecular formula is C10H21NO. The quantitative estimate of drug-likeness (QED) is 0.692. The first-order valence-corrected chi connectivity index (χ1v) is 4.88. The van der Waals surface area contributed by atoms with Crippen LogP contribution in [0.2, 0.25) is 0 Å². The van der Waals surface area contributed by atoms with E-state index >= 15 is 0 Å². The Hall–Kier alpha value is -0.0800. The largest absolute Gasteiger partial charge is 0.389 e. The Bertz CT molecular complexity index is 135. The van der Waals surface area contributed by atoms with Crippen LogP contribution < -0.4 is 0 Å². The number of likely N-dealkylation sites (N-methyl/N-ethyl adjacent to an activating group) is 1. The molecule has 0 atom stereocenters. The van der Waals surface area contributed by atoms with Gasteiger partial charge in [0.25, 0.3) is 0 Å². The van der Waals surface area contributed by atoms with Gasteiger partial charge in [0.15, 0.2) is 0 Å². The molecule has 0 aromatic rings. The molecule has 12 heavy (non-hydrogen) atoms. The normalized spacial score (nSPS) is 19.8. The lowest BCUT2D eigenvalue weighted by molar-refractivity contribution is 0.0358. The highest BCUT2D eigenvalue weighted by Crippen LogP contribution is 2.26. The van der Waals surface area contributed by atoms with Crippen LogP contribution in [0.4, 0.5) is 0 Å². The second-order valence-electron chi connectivity index (χ2n) is 4.81. The maximum Gasteiger partial charge on any atom is 0.0718 e. The molecule has 2 heteroatoms. The molecule has 1 fully saturated rings. The van der Waals surface area contributed by atoms with Crippen LogP contribution in [0, 0.1) is 5.92 Å². The van der Waals surface area contributed by atoms with Crippen molar-refractivity contribution >= 4 is 0 Å². The van der Waals surface area contributed by atoms with E-state index in [0.717, 1.165) is 19.0 Å². The summed E-state index contributed by atoms with van der Waals surface area (Å²) in [6.07, 6.45) is 4.17. The van der Waals surface area contributed by atoms with Crippen molar-refractivity contribution in [2.24, 2.45) is 5.92 Å².